The molecule has 0 saturated heterocycles. The molecule has 0 saturated carbocycles. The van der Waals surface area contributed by atoms with Gasteiger partial charge < -0.3 is 20.3 Å². The summed E-state index contributed by atoms with van der Waals surface area (Å²) in [5, 5.41) is 8.50. The fraction of sp³-hybridized carbons (Fsp3) is 0.364. The number of hydrogen-bond donors (Lipinski definition) is 2. The molecule has 1 rings (SSSR count). The molecule has 16 heavy (non-hydrogen) atoms. The van der Waals surface area contributed by atoms with Crippen molar-refractivity contribution >= 4 is 5.97 Å². The molecule has 0 heterocycles. The van der Waals surface area contributed by atoms with Crippen LogP contribution >= 0.6 is 0 Å². The lowest BCUT2D eigenvalue weighted by Crippen LogP contribution is -2.10. The number of ether oxygens (including phenoxy) is 2. The number of rotatable bonds is 5. The zero-order valence-corrected chi connectivity index (χ0v) is 9.27. The maximum absolute atomic E-state index is 10.4. The minimum absolute atomic E-state index is 0.109. The SMILES string of the molecule is COc1cc(C(C)N)ccc1OCC(=O)O. The molecule has 0 spiro atoms. The van der Waals surface area contributed by atoms with Gasteiger partial charge in [0.25, 0.3) is 0 Å². The summed E-state index contributed by atoms with van der Waals surface area (Å²) < 4.78 is 10.2. The van der Waals surface area contributed by atoms with Crippen LogP contribution in [-0.4, -0.2) is 24.8 Å². The lowest BCUT2D eigenvalue weighted by atomic mass is 10.1. The third-order valence-corrected chi connectivity index (χ3v) is 2.06. The van der Waals surface area contributed by atoms with Gasteiger partial charge >= 0.3 is 5.97 Å². The third-order valence-electron chi connectivity index (χ3n) is 2.06. The first-order valence-electron chi connectivity index (χ1n) is 4.82. The molecule has 0 aliphatic heterocycles. The molecule has 0 fully saturated rings. The Morgan fingerprint density at radius 3 is 2.69 bits per heavy atom. The van der Waals surface area contributed by atoms with Crippen LogP contribution in [0.15, 0.2) is 18.2 Å². The van der Waals surface area contributed by atoms with Crippen molar-refractivity contribution in [2.75, 3.05) is 13.7 Å². The van der Waals surface area contributed by atoms with Gasteiger partial charge in [-0.25, -0.2) is 4.79 Å². The van der Waals surface area contributed by atoms with Gasteiger partial charge in [0.1, 0.15) is 0 Å². The molecule has 5 heteroatoms. The van der Waals surface area contributed by atoms with E-state index in [1.54, 1.807) is 18.2 Å². The van der Waals surface area contributed by atoms with Crippen molar-refractivity contribution in [2.45, 2.75) is 13.0 Å². The second-order valence-electron chi connectivity index (χ2n) is 3.38. The van der Waals surface area contributed by atoms with Crippen LogP contribution in [0.25, 0.3) is 0 Å². The molecule has 0 aliphatic rings. The molecule has 88 valence electrons. The molecule has 1 aromatic rings. The standard InChI is InChI=1S/C11H15NO4/c1-7(12)8-3-4-9(10(5-8)15-2)16-6-11(13)14/h3-5,7H,6,12H2,1-2H3,(H,13,14). The van der Waals surface area contributed by atoms with Gasteiger partial charge in [0.2, 0.25) is 0 Å². The summed E-state index contributed by atoms with van der Waals surface area (Å²) in [6, 6.07) is 5.06. The van der Waals surface area contributed by atoms with Gasteiger partial charge in [-0.1, -0.05) is 6.07 Å². The van der Waals surface area contributed by atoms with Crippen LogP contribution < -0.4 is 15.2 Å². The first kappa shape index (κ1) is 12.3. The lowest BCUT2D eigenvalue weighted by Gasteiger charge is -2.12. The molecule has 0 aliphatic carbocycles. The van der Waals surface area contributed by atoms with Gasteiger partial charge in [-0.15, -0.1) is 0 Å². The van der Waals surface area contributed by atoms with Crippen molar-refractivity contribution in [1.29, 1.82) is 0 Å². The second kappa shape index (κ2) is 5.37. The fourth-order valence-corrected chi connectivity index (χ4v) is 1.23. The Morgan fingerprint density at radius 2 is 2.19 bits per heavy atom. The smallest absolute Gasteiger partial charge is 0.341 e. The molecular formula is C11H15NO4. The molecule has 0 radical (unpaired) electrons. The molecular weight excluding hydrogens is 210 g/mol. The van der Waals surface area contributed by atoms with E-state index in [9.17, 15) is 4.79 Å². The minimum atomic E-state index is -1.03. The lowest BCUT2D eigenvalue weighted by molar-refractivity contribution is -0.139. The summed E-state index contributed by atoms with van der Waals surface area (Å²) in [4.78, 5) is 10.4. The van der Waals surface area contributed by atoms with Crippen molar-refractivity contribution in [3.05, 3.63) is 23.8 Å². The normalized spacial score (nSPS) is 11.9. The van der Waals surface area contributed by atoms with Crippen molar-refractivity contribution in [3.63, 3.8) is 0 Å². The second-order valence-corrected chi connectivity index (χ2v) is 3.38. The predicted molar refractivity (Wildman–Crippen MR) is 58.7 cm³/mol. The van der Waals surface area contributed by atoms with Crippen LogP contribution in [0.2, 0.25) is 0 Å². The Balaban J connectivity index is 2.88. The van der Waals surface area contributed by atoms with Crippen LogP contribution in [0.4, 0.5) is 0 Å². The van der Waals surface area contributed by atoms with E-state index >= 15 is 0 Å². The monoisotopic (exact) mass is 225 g/mol. The summed E-state index contributed by atoms with van der Waals surface area (Å²) in [5.41, 5.74) is 6.62. The van der Waals surface area contributed by atoms with Gasteiger partial charge in [0.15, 0.2) is 18.1 Å². The summed E-state index contributed by atoms with van der Waals surface area (Å²) in [5.74, 6) is -0.149. The summed E-state index contributed by atoms with van der Waals surface area (Å²) in [7, 11) is 1.49. The number of carboxylic acids is 1. The number of nitrogens with two attached hydrogens (primary N) is 1. The van der Waals surface area contributed by atoms with E-state index in [-0.39, 0.29) is 6.04 Å². The quantitative estimate of drug-likeness (QED) is 0.786. The van der Waals surface area contributed by atoms with E-state index in [2.05, 4.69) is 0 Å². The Morgan fingerprint density at radius 1 is 1.50 bits per heavy atom. The van der Waals surface area contributed by atoms with Gasteiger partial charge in [0, 0.05) is 6.04 Å². The highest BCUT2D eigenvalue weighted by molar-refractivity contribution is 5.68. The van der Waals surface area contributed by atoms with Crippen LogP contribution in [0.3, 0.4) is 0 Å². The average molecular weight is 225 g/mol. The molecule has 0 bridgehead atoms. The number of aliphatic carboxylic acids is 1. The highest BCUT2D eigenvalue weighted by atomic mass is 16.5. The van der Waals surface area contributed by atoms with Crippen LogP contribution in [0.1, 0.15) is 18.5 Å². The molecule has 0 amide bonds. The van der Waals surface area contributed by atoms with Crippen LogP contribution in [-0.2, 0) is 4.79 Å². The minimum Gasteiger partial charge on any atom is -0.493 e. The van der Waals surface area contributed by atoms with Crippen molar-refractivity contribution < 1.29 is 19.4 Å². The highest BCUT2D eigenvalue weighted by Crippen LogP contribution is 2.29. The zero-order chi connectivity index (χ0) is 12.1. The predicted octanol–water partition coefficient (Wildman–Crippen LogP) is 1.18. The van der Waals surface area contributed by atoms with E-state index in [4.69, 9.17) is 20.3 Å². The number of methoxy groups -OCH3 is 1. The van der Waals surface area contributed by atoms with Gasteiger partial charge in [-0.2, -0.15) is 0 Å². The van der Waals surface area contributed by atoms with Crippen LogP contribution in [0, 0.1) is 0 Å². The first-order valence-corrected chi connectivity index (χ1v) is 4.82. The van der Waals surface area contributed by atoms with E-state index in [0.717, 1.165) is 5.56 Å². The molecule has 0 aromatic heterocycles. The topological polar surface area (TPSA) is 81.8 Å². The number of hydrogen-bond acceptors (Lipinski definition) is 4. The zero-order valence-electron chi connectivity index (χ0n) is 9.27. The number of carboxylic acid groups (broad SMARTS) is 1. The van der Waals surface area contributed by atoms with Crippen molar-refractivity contribution in [2.24, 2.45) is 5.73 Å². The van der Waals surface area contributed by atoms with E-state index in [1.165, 1.54) is 7.11 Å². The first-order chi connectivity index (χ1) is 7.54. The molecule has 3 N–H and O–H groups in total. The average Bonchev–Trinajstić information content (AvgIpc) is 2.25. The van der Waals surface area contributed by atoms with E-state index in [1.807, 2.05) is 6.92 Å². The van der Waals surface area contributed by atoms with E-state index < -0.39 is 12.6 Å². The van der Waals surface area contributed by atoms with Crippen molar-refractivity contribution in [3.8, 4) is 11.5 Å². The van der Waals surface area contributed by atoms with Gasteiger partial charge in [0.05, 0.1) is 7.11 Å². The summed E-state index contributed by atoms with van der Waals surface area (Å²) in [6.07, 6.45) is 0. The Kier molecular flexibility index (Phi) is 4.13. The fourth-order valence-electron chi connectivity index (χ4n) is 1.23. The maximum Gasteiger partial charge on any atom is 0.341 e. The summed E-state index contributed by atoms with van der Waals surface area (Å²) in [6.45, 7) is 1.46. The largest absolute Gasteiger partial charge is 0.493 e. The highest BCUT2D eigenvalue weighted by Gasteiger charge is 2.09. The molecule has 5 nitrogen and oxygen atoms in total. The molecule has 1 aromatic carbocycles. The van der Waals surface area contributed by atoms with E-state index in [0.29, 0.717) is 11.5 Å². The molecule has 1 atom stereocenters. The van der Waals surface area contributed by atoms with Crippen molar-refractivity contribution in [1.82, 2.24) is 0 Å². The number of carbonyl (C=O) groups is 1. The van der Waals surface area contributed by atoms with Gasteiger partial charge in [-0.3, -0.25) is 0 Å². The number of benzene rings is 1. The Hall–Kier alpha value is -1.75. The Labute approximate surface area is 93.8 Å². The maximum atomic E-state index is 10.4. The summed E-state index contributed by atoms with van der Waals surface area (Å²) >= 11 is 0. The van der Waals surface area contributed by atoms with Crippen LogP contribution in [0.5, 0.6) is 11.5 Å². The Bertz CT molecular complexity index is 376. The molecule has 1 unspecified atom stereocenters. The third kappa shape index (κ3) is 3.13. The van der Waals surface area contributed by atoms with Gasteiger partial charge in [-0.05, 0) is 24.6 Å².